The van der Waals surface area contributed by atoms with Crippen molar-refractivity contribution >= 4 is 27.8 Å². The number of nitrogens with zero attached hydrogens (tertiary/aromatic N) is 1. The zero-order chi connectivity index (χ0) is 16.4. The Hall–Kier alpha value is -2.08. The van der Waals surface area contributed by atoms with E-state index >= 15 is 0 Å². The Morgan fingerprint density at radius 1 is 1.04 bits per heavy atom. The predicted octanol–water partition coefficient (Wildman–Crippen LogP) is 3.76. The van der Waals surface area contributed by atoms with E-state index in [-0.39, 0.29) is 17.4 Å². The number of furan rings is 1. The van der Waals surface area contributed by atoms with Gasteiger partial charge in [0, 0.05) is 17.6 Å². The number of rotatable bonds is 3. The zero-order valence-corrected chi connectivity index (χ0v) is 14.0. The van der Waals surface area contributed by atoms with E-state index in [1.807, 2.05) is 12.1 Å². The monoisotopic (exact) mass is 377 g/mol. The van der Waals surface area contributed by atoms with E-state index < -0.39 is 5.97 Å². The fraction of sp³-hybridized carbons (Fsp3) is 0.294. The molecule has 1 amide bonds. The van der Waals surface area contributed by atoms with Crippen molar-refractivity contribution in [3.8, 4) is 0 Å². The summed E-state index contributed by atoms with van der Waals surface area (Å²) in [5, 5.41) is 8.85. The second kappa shape index (κ2) is 6.58. The van der Waals surface area contributed by atoms with Gasteiger partial charge in [-0.2, -0.15) is 0 Å². The molecule has 5 nitrogen and oxygen atoms in total. The topological polar surface area (TPSA) is 70.8 Å². The number of benzene rings is 1. The number of likely N-dealkylation sites (tertiary alicyclic amines) is 1. The minimum Gasteiger partial charge on any atom is -0.475 e. The number of hydrogen-bond donors (Lipinski definition) is 1. The van der Waals surface area contributed by atoms with E-state index in [1.54, 1.807) is 4.90 Å². The quantitative estimate of drug-likeness (QED) is 0.883. The number of carboxylic acids is 1. The average Bonchev–Trinajstić information content (AvgIpc) is 3.05. The van der Waals surface area contributed by atoms with Gasteiger partial charge in [0.25, 0.3) is 5.91 Å². The molecule has 0 aliphatic carbocycles. The lowest BCUT2D eigenvalue weighted by molar-refractivity contribution is 0.0639. The molecule has 2 aromatic rings. The highest BCUT2D eigenvalue weighted by Gasteiger charge is 2.26. The molecule has 1 fully saturated rings. The molecule has 0 unspecified atom stereocenters. The van der Waals surface area contributed by atoms with E-state index in [4.69, 9.17) is 9.52 Å². The fourth-order valence-electron chi connectivity index (χ4n) is 2.87. The van der Waals surface area contributed by atoms with Gasteiger partial charge in [0.2, 0.25) is 5.76 Å². The largest absolute Gasteiger partial charge is 0.475 e. The average molecular weight is 378 g/mol. The highest BCUT2D eigenvalue weighted by molar-refractivity contribution is 9.10. The van der Waals surface area contributed by atoms with Crippen molar-refractivity contribution in [3.63, 3.8) is 0 Å². The first-order valence-corrected chi connectivity index (χ1v) is 8.22. The molecule has 0 spiro atoms. The summed E-state index contributed by atoms with van der Waals surface area (Å²) < 4.78 is 6.15. The Balaban J connectivity index is 1.62. The molecule has 0 atom stereocenters. The summed E-state index contributed by atoms with van der Waals surface area (Å²) in [4.78, 5) is 24.9. The SMILES string of the molecule is O=C(O)c1ccc(C(=O)N2CCC(c3ccc(Br)cc3)CC2)o1. The lowest BCUT2D eigenvalue weighted by Crippen LogP contribution is -2.37. The molecule has 1 saturated heterocycles. The Bertz CT molecular complexity index is 714. The number of piperidine rings is 1. The highest BCUT2D eigenvalue weighted by Crippen LogP contribution is 2.29. The minimum atomic E-state index is -1.17. The third kappa shape index (κ3) is 3.47. The third-order valence-electron chi connectivity index (χ3n) is 4.15. The van der Waals surface area contributed by atoms with Gasteiger partial charge in [-0.05, 0) is 48.6 Å². The van der Waals surface area contributed by atoms with Gasteiger partial charge in [-0.3, -0.25) is 4.79 Å². The van der Waals surface area contributed by atoms with Crippen LogP contribution in [-0.4, -0.2) is 35.0 Å². The number of carbonyl (C=O) groups excluding carboxylic acids is 1. The maximum absolute atomic E-state index is 12.4. The number of hydrogen-bond acceptors (Lipinski definition) is 3. The van der Waals surface area contributed by atoms with Gasteiger partial charge in [-0.15, -0.1) is 0 Å². The van der Waals surface area contributed by atoms with Crippen LogP contribution in [0.2, 0.25) is 0 Å². The van der Waals surface area contributed by atoms with Crippen LogP contribution in [0.4, 0.5) is 0 Å². The Morgan fingerprint density at radius 2 is 1.65 bits per heavy atom. The molecule has 23 heavy (non-hydrogen) atoms. The number of carboxylic acid groups (broad SMARTS) is 1. The summed E-state index contributed by atoms with van der Waals surface area (Å²) in [7, 11) is 0. The van der Waals surface area contributed by atoms with Crippen LogP contribution in [0, 0.1) is 0 Å². The van der Waals surface area contributed by atoms with Crippen LogP contribution < -0.4 is 0 Å². The summed E-state index contributed by atoms with van der Waals surface area (Å²) in [6.07, 6.45) is 1.78. The molecule has 6 heteroatoms. The van der Waals surface area contributed by atoms with Crippen molar-refractivity contribution in [2.75, 3.05) is 13.1 Å². The van der Waals surface area contributed by atoms with Gasteiger partial charge >= 0.3 is 5.97 Å². The summed E-state index contributed by atoms with van der Waals surface area (Å²) in [6, 6.07) is 11.0. The second-order valence-electron chi connectivity index (χ2n) is 5.59. The normalized spacial score (nSPS) is 15.6. The second-order valence-corrected chi connectivity index (χ2v) is 6.50. The Kier molecular flexibility index (Phi) is 4.52. The van der Waals surface area contributed by atoms with Crippen LogP contribution in [-0.2, 0) is 0 Å². The van der Waals surface area contributed by atoms with Crippen LogP contribution in [0.5, 0.6) is 0 Å². The van der Waals surface area contributed by atoms with Crippen molar-refractivity contribution in [1.82, 2.24) is 4.90 Å². The van der Waals surface area contributed by atoms with Gasteiger partial charge in [0.15, 0.2) is 5.76 Å². The molecule has 0 saturated carbocycles. The summed E-state index contributed by atoms with van der Waals surface area (Å²) in [5.41, 5.74) is 1.28. The van der Waals surface area contributed by atoms with E-state index in [9.17, 15) is 9.59 Å². The molecular formula is C17H16BrNO4. The zero-order valence-electron chi connectivity index (χ0n) is 12.4. The molecule has 1 aromatic heterocycles. The maximum Gasteiger partial charge on any atom is 0.371 e. The van der Waals surface area contributed by atoms with Gasteiger partial charge < -0.3 is 14.4 Å². The van der Waals surface area contributed by atoms with Crippen molar-refractivity contribution in [2.45, 2.75) is 18.8 Å². The third-order valence-corrected chi connectivity index (χ3v) is 4.68. The van der Waals surface area contributed by atoms with Crippen LogP contribution >= 0.6 is 15.9 Å². The smallest absolute Gasteiger partial charge is 0.371 e. The van der Waals surface area contributed by atoms with Gasteiger partial charge in [0.1, 0.15) is 0 Å². The predicted molar refractivity (Wildman–Crippen MR) is 87.7 cm³/mol. The van der Waals surface area contributed by atoms with Crippen LogP contribution in [0.1, 0.15) is 45.4 Å². The summed E-state index contributed by atoms with van der Waals surface area (Å²) in [6.45, 7) is 1.28. The first-order chi connectivity index (χ1) is 11.0. The van der Waals surface area contributed by atoms with Crippen molar-refractivity contribution in [1.29, 1.82) is 0 Å². The number of carbonyl (C=O) groups is 2. The maximum atomic E-state index is 12.4. The molecule has 1 aromatic carbocycles. The molecule has 1 N–H and O–H groups in total. The molecule has 3 rings (SSSR count). The van der Waals surface area contributed by atoms with Crippen LogP contribution in [0.3, 0.4) is 0 Å². The van der Waals surface area contributed by atoms with Gasteiger partial charge in [-0.25, -0.2) is 4.79 Å². The molecule has 1 aliphatic heterocycles. The van der Waals surface area contributed by atoms with Crippen molar-refractivity contribution in [3.05, 3.63) is 58.0 Å². The Labute approximate surface area is 142 Å². The molecule has 1 aliphatic rings. The van der Waals surface area contributed by atoms with Crippen LogP contribution in [0.15, 0.2) is 45.3 Å². The molecule has 2 heterocycles. The van der Waals surface area contributed by atoms with Crippen LogP contribution in [0.25, 0.3) is 0 Å². The molecular weight excluding hydrogens is 362 g/mol. The highest BCUT2D eigenvalue weighted by atomic mass is 79.9. The summed E-state index contributed by atoms with van der Waals surface area (Å²) >= 11 is 3.43. The van der Waals surface area contributed by atoms with Gasteiger partial charge in [0.05, 0.1) is 0 Å². The van der Waals surface area contributed by atoms with Crippen molar-refractivity contribution in [2.24, 2.45) is 0 Å². The van der Waals surface area contributed by atoms with E-state index in [1.165, 1.54) is 17.7 Å². The fourth-order valence-corrected chi connectivity index (χ4v) is 3.14. The Morgan fingerprint density at radius 3 is 2.22 bits per heavy atom. The lowest BCUT2D eigenvalue weighted by atomic mass is 9.89. The standard InChI is InChI=1S/C17H16BrNO4/c18-13-3-1-11(2-4-13)12-7-9-19(10-8-12)16(20)14-5-6-15(23-14)17(21)22/h1-6,12H,7-10H2,(H,21,22). The summed E-state index contributed by atoms with van der Waals surface area (Å²) in [5.74, 6) is -1.09. The van der Waals surface area contributed by atoms with Crippen molar-refractivity contribution < 1.29 is 19.1 Å². The van der Waals surface area contributed by atoms with E-state index in [0.29, 0.717) is 19.0 Å². The number of amides is 1. The molecule has 120 valence electrons. The number of halogens is 1. The first-order valence-electron chi connectivity index (χ1n) is 7.42. The molecule has 0 bridgehead atoms. The first kappa shape index (κ1) is 15.8. The lowest BCUT2D eigenvalue weighted by Gasteiger charge is -2.31. The molecule has 0 radical (unpaired) electrons. The van der Waals surface area contributed by atoms with Gasteiger partial charge in [-0.1, -0.05) is 28.1 Å². The van der Waals surface area contributed by atoms with E-state index in [0.717, 1.165) is 17.3 Å². The minimum absolute atomic E-state index is 0.0875. The number of aromatic carboxylic acids is 1. The van der Waals surface area contributed by atoms with E-state index in [2.05, 4.69) is 28.1 Å².